The largest absolute Gasteiger partial charge is 0.497 e. The van der Waals surface area contributed by atoms with Crippen molar-refractivity contribution < 1.29 is 9.47 Å². The van der Waals surface area contributed by atoms with Gasteiger partial charge in [-0.15, -0.1) is 0 Å². The van der Waals surface area contributed by atoms with Crippen molar-refractivity contribution in [3.63, 3.8) is 0 Å². The second kappa shape index (κ2) is 13.5. The molecule has 7 aromatic rings. The van der Waals surface area contributed by atoms with Crippen molar-refractivity contribution >= 4 is 21.8 Å². The Bertz CT molecular complexity index is 2310. The zero-order valence-electron chi connectivity index (χ0n) is 30.4. The third-order valence-corrected chi connectivity index (χ3v) is 9.87. The molecule has 0 aliphatic rings. The van der Waals surface area contributed by atoms with E-state index in [1.54, 1.807) is 13.3 Å². The van der Waals surface area contributed by atoms with Gasteiger partial charge in [-0.3, -0.25) is 4.57 Å². The number of hydrogen-bond acceptors (Lipinski definition) is 4. The first kappa shape index (κ1) is 33.2. The first-order chi connectivity index (χ1) is 24.1. The number of rotatable bonds is 10. The van der Waals surface area contributed by atoms with E-state index in [-0.39, 0.29) is 0 Å². The number of para-hydroxylation sites is 1. The summed E-state index contributed by atoms with van der Waals surface area (Å²) in [5.74, 6) is 4.13. The van der Waals surface area contributed by atoms with E-state index in [1.807, 2.05) is 41.2 Å². The molecule has 3 aromatic heterocycles. The summed E-state index contributed by atoms with van der Waals surface area (Å²) in [4.78, 5) is 4.70. The summed E-state index contributed by atoms with van der Waals surface area (Å²) in [5.41, 5.74) is 12.7. The van der Waals surface area contributed by atoms with Gasteiger partial charge in [0.15, 0.2) is 0 Å². The van der Waals surface area contributed by atoms with E-state index in [9.17, 15) is 0 Å². The molecule has 6 nitrogen and oxygen atoms in total. The van der Waals surface area contributed by atoms with Crippen LogP contribution >= 0.6 is 0 Å². The van der Waals surface area contributed by atoms with E-state index >= 15 is 0 Å². The number of benzene rings is 4. The predicted octanol–water partition coefficient (Wildman–Crippen LogP) is 11.2. The number of aromatic nitrogens is 4. The lowest BCUT2D eigenvalue weighted by molar-refractivity contribution is 0.414. The summed E-state index contributed by atoms with van der Waals surface area (Å²) in [6.07, 6.45) is 8.07. The van der Waals surface area contributed by atoms with E-state index in [4.69, 9.17) is 19.6 Å². The number of hydrogen-bond donors (Lipinski definition) is 0. The van der Waals surface area contributed by atoms with Crippen molar-refractivity contribution in [1.82, 2.24) is 19.3 Å². The smallest absolute Gasteiger partial charge is 0.141 e. The summed E-state index contributed by atoms with van der Waals surface area (Å²) < 4.78 is 16.2. The van der Waals surface area contributed by atoms with Gasteiger partial charge >= 0.3 is 0 Å². The maximum absolute atomic E-state index is 6.54. The molecule has 4 aromatic carbocycles. The molecule has 0 aliphatic heterocycles. The van der Waals surface area contributed by atoms with Crippen LogP contribution in [-0.2, 0) is 12.8 Å². The molecule has 0 radical (unpaired) electrons. The molecule has 0 atom stereocenters. The van der Waals surface area contributed by atoms with Crippen LogP contribution in [0.4, 0.5) is 0 Å². The molecule has 3 heterocycles. The molecule has 254 valence electrons. The first-order valence-electron chi connectivity index (χ1n) is 17.6. The Kier molecular flexibility index (Phi) is 8.96. The van der Waals surface area contributed by atoms with Crippen LogP contribution in [0.25, 0.3) is 44.4 Å². The van der Waals surface area contributed by atoms with Gasteiger partial charge < -0.3 is 9.47 Å². The van der Waals surface area contributed by atoms with Gasteiger partial charge in [0.2, 0.25) is 0 Å². The van der Waals surface area contributed by atoms with Gasteiger partial charge in [-0.05, 0) is 115 Å². The highest BCUT2D eigenvalue weighted by Gasteiger charge is 2.22. The molecular weight excluding hydrogens is 617 g/mol. The Morgan fingerprint density at radius 1 is 0.680 bits per heavy atom. The normalized spacial score (nSPS) is 11.7. The summed E-state index contributed by atoms with van der Waals surface area (Å²) >= 11 is 0. The lowest BCUT2D eigenvalue weighted by atomic mass is 9.80. The summed E-state index contributed by atoms with van der Waals surface area (Å²) in [6, 6.07) is 26.6. The molecule has 0 fully saturated rings. The van der Waals surface area contributed by atoms with E-state index < -0.39 is 0 Å². The van der Waals surface area contributed by atoms with Crippen LogP contribution in [0.3, 0.4) is 0 Å². The number of nitrogens with zero attached hydrogens (tertiary/aromatic N) is 4. The molecule has 0 saturated carbocycles. The molecule has 0 bridgehead atoms. The minimum Gasteiger partial charge on any atom is -0.497 e. The van der Waals surface area contributed by atoms with Crippen LogP contribution in [0, 0.1) is 32.6 Å². The predicted molar refractivity (Wildman–Crippen MR) is 205 cm³/mol. The van der Waals surface area contributed by atoms with Crippen molar-refractivity contribution in [3.05, 3.63) is 125 Å². The maximum Gasteiger partial charge on any atom is 0.141 e. The molecule has 7 rings (SSSR count). The second-order valence-electron chi connectivity index (χ2n) is 14.3. The fourth-order valence-corrected chi connectivity index (χ4v) is 7.29. The Morgan fingerprint density at radius 2 is 1.38 bits per heavy atom. The van der Waals surface area contributed by atoms with Gasteiger partial charge in [0.25, 0.3) is 0 Å². The number of pyridine rings is 1. The van der Waals surface area contributed by atoms with Gasteiger partial charge in [-0.25, -0.2) is 9.67 Å². The molecule has 0 spiro atoms. The Labute approximate surface area is 295 Å². The van der Waals surface area contributed by atoms with Gasteiger partial charge in [-0.1, -0.05) is 52.0 Å². The average molecular weight is 663 g/mol. The Hall–Kier alpha value is -5.36. The van der Waals surface area contributed by atoms with Crippen molar-refractivity contribution in [2.24, 2.45) is 11.8 Å². The van der Waals surface area contributed by atoms with Crippen LogP contribution < -0.4 is 9.47 Å². The molecule has 0 saturated heterocycles. The standard InChI is InChI=1S/C44H46N4O2/c1-27(2)20-39-30(6)29(5)31(7)40(21-28(3)4)44(39)32-25-46-47(26-32)33-12-11-13-35(22-33)50-36-16-17-38-37-14-9-10-15-41(37)48(42(38)23-36)43-24-34(49-8)18-19-45-43/h9-19,22-28H,20-21H2,1-8H3. The topological polar surface area (TPSA) is 54.1 Å². The lowest BCUT2D eigenvalue weighted by Crippen LogP contribution is -2.09. The Morgan fingerprint density at radius 3 is 2.10 bits per heavy atom. The SMILES string of the molecule is COc1ccnc(-n2c3ccccc3c3ccc(Oc4cccc(-n5cc(-c6c(CC(C)C)c(C)c(C)c(C)c6CC(C)C)cn5)c4)cc32)c1. The lowest BCUT2D eigenvalue weighted by Gasteiger charge is -2.24. The number of fused-ring (bicyclic) bond motifs is 3. The van der Waals surface area contributed by atoms with Crippen molar-refractivity contribution in [3.8, 4) is 39.9 Å². The van der Waals surface area contributed by atoms with Crippen LogP contribution in [0.1, 0.15) is 55.5 Å². The monoisotopic (exact) mass is 662 g/mol. The molecule has 0 unspecified atom stereocenters. The molecule has 0 N–H and O–H groups in total. The summed E-state index contributed by atoms with van der Waals surface area (Å²) in [7, 11) is 1.67. The molecule has 50 heavy (non-hydrogen) atoms. The van der Waals surface area contributed by atoms with Gasteiger partial charge in [0.05, 0.1) is 30.0 Å². The molecule has 6 heteroatoms. The van der Waals surface area contributed by atoms with Crippen molar-refractivity contribution in [1.29, 1.82) is 0 Å². The highest BCUT2D eigenvalue weighted by Crippen LogP contribution is 2.39. The first-order valence-corrected chi connectivity index (χ1v) is 17.6. The van der Waals surface area contributed by atoms with E-state index in [0.29, 0.717) is 11.8 Å². The highest BCUT2D eigenvalue weighted by molar-refractivity contribution is 6.09. The fourth-order valence-electron chi connectivity index (χ4n) is 7.29. The third kappa shape index (κ3) is 6.15. The zero-order chi connectivity index (χ0) is 35.1. The van der Waals surface area contributed by atoms with Crippen molar-refractivity contribution in [2.75, 3.05) is 7.11 Å². The van der Waals surface area contributed by atoms with Gasteiger partial charge in [0.1, 0.15) is 23.1 Å². The van der Waals surface area contributed by atoms with Crippen LogP contribution in [-0.4, -0.2) is 26.4 Å². The van der Waals surface area contributed by atoms with Crippen LogP contribution in [0.5, 0.6) is 17.2 Å². The van der Waals surface area contributed by atoms with Gasteiger partial charge in [-0.2, -0.15) is 5.10 Å². The molecule has 0 aliphatic carbocycles. The van der Waals surface area contributed by atoms with Gasteiger partial charge in [0, 0.05) is 46.9 Å². The highest BCUT2D eigenvalue weighted by atomic mass is 16.5. The fraction of sp³-hybridized carbons (Fsp3) is 0.273. The number of ether oxygens (including phenoxy) is 2. The Balaban J connectivity index is 1.26. The zero-order valence-corrected chi connectivity index (χ0v) is 30.4. The van der Waals surface area contributed by atoms with E-state index in [0.717, 1.165) is 63.4 Å². The third-order valence-electron chi connectivity index (χ3n) is 9.87. The molecule has 0 amide bonds. The minimum atomic E-state index is 0.553. The van der Waals surface area contributed by atoms with E-state index in [2.05, 4.69) is 108 Å². The van der Waals surface area contributed by atoms with Crippen LogP contribution in [0.15, 0.2) is 97.5 Å². The summed E-state index contributed by atoms with van der Waals surface area (Å²) in [5, 5.41) is 7.18. The molecular formula is C44H46N4O2. The van der Waals surface area contributed by atoms with Crippen LogP contribution in [0.2, 0.25) is 0 Å². The van der Waals surface area contributed by atoms with Crippen molar-refractivity contribution in [2.45, 2.75) is 61.3 Å². The average Bonchev–Trinajstić information content (AvgIpc) is 3.72. The quantitative estimate of drug-likeness (QED) is 0.146. The van der Waals surface area contributed by atoms with E-state index in [1.165, 1.54) is 38.9 Å². The minimum absolute atomic E-state index is 0.553. The number of methoxy groups -OCH3 is 1. The second-order valence-corrected chi connectivity index (χ2v) is 14.3. The summed E-state index contributed by atoms with van der Waals surface area (Å²) in [6.45, 7) is 16.1. The maximum atomic E-state index is 6.54.